The molecule has 1 fully saturated rings. The highest BCUT2D eigenvalue weighted by Crippen LogP contribution is 2.30. The van der Waals surface area contributed by atoms with Gasteiger partial charge >= 0.3 is 0 Å². The van der Waals surface area contributed by atoms with E-state index in [2.05, 4.69) is 4.98 Å². The molecule has 2 atom stereocenters. The summed E-state index contributed by atoms with van der Waals surface area (Å²) in [5, 5.41) is 0. The number of nitrogens with zero attached hydrogens (tertiary/aromatic N) is 2. The van der Waals surface area contributed by atoms with E-state index in [1.54, 1.807) is 29.4 Å². The first-order valence-corrected chi connectivity index (χ1v) is 8.74. The van der Waals surface area contributed by atoms with E-state index in [-0.39, 0.29) is 17.0 Å². The smallest absolute Gasteiger partial charge is 0.243 e. The van der Waals surface area contributed by atoms with Crippen LogP contribution in [0, 0.1) is 6.92 Å². The van der Waals surface area contributed by atoms with Gasteiger partial charge in [-0.2, -0.15) is 4.31 Å². The van der Waals surface area contributed by atoms with Crippen LogP contribution in [0.4, 0.5) is 0 Å². The Balaban J connectivity index is 2.06. The minimum absolute atomic E-state index is 0.0332. The van der Waals surface area contributed by atoms with Gasteiger partial charge in [0.1, 0.15) is 5.52 Å². The van der Waals surface area contributed by atoms with Crippen molar-refractivity contribution in [3.63, 3.8) is 0 Å². The van der Waals surface area contributed by atoms with Gasteiger partial charge in [-0.1, -0.05) is 6.42 Å². The van der Waals surface area contributed by atoms with Gasteiger partial charge in [0.25, 0.3) is 0 Å². The molecule has 0 amide bonds. The molecule has 0 radical (unpaired) electrons. The number of hydrogen-bond donors (Lipinski definition) is 0. The van der Waals surface area contributed by atoms with Gasteiger partial charge in [0, 0.05) is 25.1 Å². The second kappa shape index (κ2) is 5.10. The third-order valence-corrected chi connectivity index (χ3v) is 6.28. The van der Waals surface area contributed by atoms with Crippen LogP contribution in [0.25, 0.3) is 11.1 Å². The van der Waals surface area contributed by atoms with Crippen LogP contribution in [-0.2, 0) is 10.0 Å². The maximum atomic E-state index is 12.9. The van der Waals surface area contributed by atoms with E-state index < -0.39 is 10.0 Å². The third kappa shape index (κ3) is 2.46. The van der Waals surface area contributed by atoms with Gasteiger partial charge in [-0.3, -0.25) is 0 Å². The van der Waals surface area contributed by atoms with Gasteiger partial charge < -0.3 is 4.42 Å². The number of rotatable bonds is 2. The molecule has 114 valence electrons. The Labute approximate surface area is 125 Å². The predicted molar refractivity (Wildman–Crippen MR) is 80.5 cm³/mol. The van der Waals surface area contributed by atoms with Gasteiger partial charge in [0.2, 0.25) is 10.0 Å². The van der Waals surface area contributed by atoms with Crippen molar-refractivity contribution in [1.82, 2.24) is 9.29 Å². The van der Waals surface area contributed by atoms with Crippen LogP contribution in [0.5, 0.6) is 0 Å². The van der Waals surface area contributed by atoms with Crippen LogP contribution >= 0.6 is 0 Å². The minimum atomic E-state index is -3.50. The van der Waals surface area contributed by atoms with Crippen molar-refractivity contribution < 1.29 is 12.8 Å². The first-order valence-electron chi connectivity index (χ1n) is 7.30. The molecule has 3 rings (SSSR count). The lowest BCUT2D eigenvalue weighted by atomic mass is 10.0. The fourth-order valence-corrected chi connectivity index (χ4v) is 5.07. The Morgan fingerprint density at radius 3 is 2.57 bits per heavy atom. The molecule has 0 bridgehead atoms. The van der Waals surface area contributed by atoms with E-state index in [4.69, 9.17) is 4.42 Å². The van der Waals surface area contributed by atoms with Crippen molar-refractivity contribution in [1.29, 1.82) is 0 Å². The van der Waals surface area contributed by atoms with Gasteiger partial charge in [-0.15, -0.1) is 0 Å². The van der Waals surface area contributed by atoms with Crippen molar-refractivity contribution in [2.45, 2.75) is 57.0 Å². The van der Waals surface area contributed by atoms with E-state index in [9.17, 15) is 8.42 Å². The zero-order valence-corrected chi connectivity index (χ0v) is 13.4. The van der Waals surface area contributed by atoms with Crippen LogP contribution in [-0.4, -0.2) is 29.8 Å². The van der Waals surface area contributed by atoms with E-state index >= 15 is 0 Å². The quantitative estimate of drug-likeness (QED) is 0.855. The molecule has 5 nitrogen and oxygen atoms in total. The molecule has 0 spiro atoms. The maximum Gasteiger partial charge on any atom is 0.243 e. The molecular weight excluding hydrogens is 288 g/mol. The molecule has 2 heterocycles. The average molecular weight is 308 g/mol. The molecular formula is C15H20N2O3S. The van der Waals surface area contributed by atoms with Crippen molar-refractivity contribution in [2.75, 3.05) is 0 Å². The average Bonchev–Trinajstić information content (AvgIpc) is 2.77. The van der Waals surface area contributed by atoms with Gasteiger partial charge in [0.05, 0.1) is 4.90 Å². The molecule has 2 aromatic rings. The lowest BCUT2D eigenvalue weighted by Gasteiger charge is -2.37. The highest BCUT2D eigenvalue weighted by molar-refractivity contribution is 7.89. The molecule has 1 aromatic carbocycles. The Kier molecular flexibility index (Phi) is 3.53. The summed E-state index contributed by atoms with van der Waals surface area (Å²) in [7, 11) is -3.50. The number of hydrogen-bond acceptors (Lipinski definition) is 4. The summed E-state index contributed by atoms with van der Waals surface area (Å²) in [5.74, 6) is 0.541. The highest BCUT2D eigenvalue weighted by Gasteiger charge is 2.35. The van der Waals surface area contributed by atoms with Crippen molar-refractivity contribution >= 4 is 21.1 Å². The molecule has 0 saturated carbocycles. The maximum absolute atomic E-state index is 12.9. The SMILES string of the molecule is Cc1nc2ccc(S(=O)(=O)N3C(C)CCCC3C)cc2o1. The van der Waals surface area contributed by atoms with Crippen molar-refractivity contribution in [3.05, 3.63) is 24.1 Å². The molecule has 21 heavy (non-hydrogen) atoms. The fourth-order valence-electron chi connectivity index (χ4n) is 3.17. The number of fused-ring (bicyclic) bond motifs is 1. The Hall–Kier alpha value is -1.40. The number of benzene rings is 1. The van der Waals surface area contributed by atoms with Gasteiger partial charge in [-0.25, -0.2) is 13.4 Å². The summed E-state index contributed by atoms with van der Waals surface area (Å²) in [6.07, 6.45) is 2.90. The molecule has 1 saturated heterocycles. The molecule has 2 unspecified atom stereocenters. The third-order valence-electron chi connectivity index (χ3n) is 4.15. The Morgan fingerprint density at radius 2 is 1.90 bits per heavy atom. The summed E-state index contributed by atoms with van der Waals surface area (Å²) in [4.78, 5) is 4.49. The highest BCUT2D eigenvalue weighted by atomic mass is 32.2. The Morgan fingerprint density at radius 1 is 1.24 bits per heavy atom. The topological polar surface area (TPSA) is 63.4 Å². The van der Waals surface area contributed by atoms with Gasteiger partial charge in [0.15, 0.2) is 11.5 Å². The number of sulfonamides is 1. The Bertz CT molecular complexity index is 756. The summed E-state index contributed by atoms with van der Waals surface area (Å²) in [6, 6.07) is 4.97. The predicted octanol–water partition coefficient (Wildman–Crippen LogP) is 3.09. The summed E-state index contributed by atoms with van der Waals surface area (Å²) in [6.45, 7) is 5.71. The number of aryl methyl sites for hydroxylation is 1. The van der Waals surface area contributed by atoms with Crippen LogP contribution < -0.4 is 0 Å². The molecule has 1 aliphatic heterocycles. The molecule has 1 aliphatic rings. The van der Waals surface area contributed by atoms with E-state index in [0.29, 0.717) is 17.0 Å². The fraction of sp³-hybridized carbons (Fsp3) is 0.533. The number of oxazole rings is 1. The molecule has 0 aliphatic carbocycles. The van der Waals surface area contributed by atoms with Crippen LogP contribution in [0.3, 0.4) is 0 Å². The van der Waals surface area contributed by atoms with E-state index in [1.165, 1.54) is 0 Å². The summed E-state index contributed by atoms with van der Waals surface area (Å²) < 4.78 is 32.9. The van der Waals surface area contributed by atoms with Crippen LogP contribution in [0.15, 0.2) is 27.5 Å². The molecule has 6 heteroatoms. The van der Waals surface area contributed by atoms with Gasteiger partial charge in [-0.05, 0) is 38.8 Å². The van der Waals surface area contributed by atoms with E-state index in [1.807, 2.05) is 13.8 Å². The van der Waals surface area contributed by atoms with Crippen molar-refractivity contribution in [3.8, 4) is 0 Å². The number of piperidine rings is 1. The first-order chi connectivity index (χ1) is 9.89. The summed E-state index contributed by atoms with van der Waals surface area (Å²) in [5.41, 5.74) is 1.21. The molecule has 1 aromatic heterocycles. The minimum Gasteiger partial charge on any atom is -0.441 e. The van der Waals surface area contributed by atoms with E-state index in [0.717, 1.165) is 19.3 Å². The standard InChI is InChI=1S/C15H20N2O3S/c1-10-5-4-6-11(2)17(10)21(18,19)13-7-8-14-15(9-13)20-12(3)16-14/h7-11H,4-6H2,1-3H3. The van der Waals surface area contributed by atoms with Crippen LogP contribution in [0.2, 0.25) is 0 Å². The second-order valence-corrected chi connectivity index (χ2v) is 7.67. The summed E-state index contributed by atoms with van der Waals surface area (Å²) >= 11 is 0. The lowest BCUT2D eigenvalue weighted by molar-refractivity contribution is 0.204. The largest absolute Gasteiger partial charge is 0.441 e. The molecule has 0 N–H and O–H groups in total. The van der Waals surface area contributed by atoms with Crippen LogP contribution in [0.1, 0.15) is 39.0 Å². The normalized spacial score (nSPS) is 24.5. The second-order valence-electron chi connectivity index (χ2n) is 5.83. The zero-order valence-electron chi connectivity index (χ0n) is 12.5. The lowest BCUT2D eigenvalue weighted by Crippen LogP contribution is -2.47. The zero-order chi connectivity index (χ0) is 15.2. The monoisotopic (exact) mass is 308 g/mol. The van der Waals surface area contributed by atoms with Crippen molar-refractivity contribution in [2.24, 2.45) is 0 Å². The number of aromatic nitrogens is 1. The first kappa shape index (κ1) is 14.5.